The van der Waals surface area contributed by atoms with E-state index in [-0.39, 0.29) is 12.5 Å². The first-order valence-corrected chi connectivity index (χ1v) is 10.9. The number of halogens is 3. The van der Waals surface area contributed by atoms with Gasteiger partial charge in [0.25, 0.3) is 0 Å². The van der Waals surface area contributed by atoms with Crippen molar-refractivity contribution in [2.75, 3.05) is 26.7 Å². The van der Waals surface area contributed by atoms with Crippen LogP contribution in [0.2, 0.25) is 0 Å². The lowest BCUT2D eigenvalue weighted by Crippen LogP contribution is -2.53. The van der Waals surface area contributed by atoms with Crippen LogP contribution in [0.5, 0.6) is 0 Å². The Morgan fingerprint density at radius 1 is 1.31 bits per heavy atom. The van der Waals surface area contributed by atoms with Crippen molar-refractivity contribution in [3.63, 3.8) is 0 Å². The maximum atomic E-state index is 13.2. The molecule has 0 bridgehead atoms. The Bertz CT molecular complexity index is 768. The molecule has 3 N–H and O–H groups in total. The molecule has 6 nitrogen and oxygen atoms in total. The van der Waals surface area contributed by atoms with Crippen molar-refractivity contribution in [3.05, 3.63) is 48.0 Å². The summed E-state index contributed by atoms with van der Waals surface area (Å²) in [5.41, 5.74) is 6.73. The summed E-state index contributed by atoms with van der Waals surface area (Å²) < 4.78 is 39.6. The molecule has 0 aromatic heterocycles. The number of carbonyl (C=O) groups is 2. The van der Waals surface area contributed by atoms with Crippen LogP contribution in [-0.2, 0) is 16.0 Å². The van der Waals surface area contributed by atoms with Crippen molar-refractivity contribution in [3.8, 4) is 0 Å². The molecule has 178 valence electrons. The van der Waals surface area contributed by atoms with Gasteiger partial charge in [-0.3, -0.25) is 9.59 Å². The lowest BCUT2D eigenvalue weighted by atomic mass is 10.0. The van der Waals surface area contributed by atoms with Crippen molar-refractivity contribution in [1.29, 1.82) is 0 Å². The summed E-state index contributed by atoms with van der Waals surface area (Å²) >= 11 is 0. The predicted molar refractivity (Wildman–Crippen MR) is 118 cm³/mol. The number of alkyl halides is 3. The molecule has 1 heterocycles. The molecule has 3 atom stereocenters. The largest absolute Gasteiger partial charge is 0.471 e. The summed E-state index contributed by atoms with van der Waals surface area (Å²) in [5.74, 6) is -2.17. The summed E-state index contributed by atoms with van der Waals surface area (Å²) in [6, 6.07) is 8.07. The van der Waals surface area contributed by atoms with Gasteiger partial charge in [0, 0.05) is 25.2 Å². The first kappa shape index (κ1) is 25.9. The van der Waals surface area contributed by atoms with Gasteiger partial charge in [-0.1, -0.05) is 42.5 Å². The maximum absolute atomic E-state index is 13.2. The fourth-order valence-electron chi connectivity index (χ4n) is 3.79. The molecule has 1 fully saturated rings. The van der Waals surface area contributed by atoms with E-state index in [2.05, 4.69) is 5.32 Å². The van der Waals surface area contributed by atoms with E-state index in [4.69, 9.17) is 5.73 Å². The molecule has 1 unspecified atom stereocenters. The molecule has 1 saturated heterocycles. The van der Waals surface area contributed by atoms with E-state index >= 15 is 0 Å². The van der Waals surface area contributed by atoms with Gasteiger partial charge in [-0.25, -0.2) is 0 Å². The quantitative estimate of drug-likeness (QED) is 0.562. The third kappa shape index (κ3) is 8.27. The summed E-state index contributed by atoms with van der Waals surface area (Å²) in [7, 11) is 1.83. The molecule has 1 aliphatic heterocycles. The molecule has 1 aromatic carbocycles. The van der Waals surface area contributed by atoms with Crippen LogP contribution in [0.4, 0.5) is 13.2 Å². The summed E-state index contributed by atoms with van der Waals surface area (Å²) in [6.07, 6.45) is 0.753. The molecule has 0 saturated carbocycles. The van der Waals surface area contributed by atoms with E-state index in [1.165, 1.54) is 6.08 Å². The van der Waals surface area contributed by atoms with E-state index in [0.29, 0.717) is 25.8 Å². The van der Waals surface area contributed by atoms with Crippen LogP contribution in [0.15, 0.2) is 42.5 Å². The fraction of sp³-hybridized carbons (Fsp3) is 0.565. The van der Waals surface area contributed by atoms with E-state index in [0.717, 1.165) is 23.4 Å². The van der Waals surface area contributed by atoms with Crippen LogP contribution in [-0.4, -0.2) is 72.6 Å². The van der Waals surface area contributed by atoms with Crippen LogP contribution in [0.25, 0.3) is 0 Å². The molecular weight excluding hydrogens is 421 g/mol. The van der Waals surface area contributed by atoms with Gasteiger partial charge in [-0.05, 0) is 51.8 Å². The Labute approximate surface area is 187 Å². The SMILES string of the molecule is C[C@H](N)C(=O)N[C@H](/C=C/CN(C(=O)C(F)(F)F)C1CCCN(C)C1)CCc1ccccc1. The normalized spacial score (nSPS) is 19.5. The van der Waals surface area contributed by atoms with Gasteiger partial charge in [0.05, 0.1) is 6.04 Å². The molecule has 1 aliphatic rings. The molecule has 9 heteroatoms. The smallest absolute Gasteiger partial charge is 0.349 e. The van der Waals surface area contributed by atoms with Crippen molar-refractivity contribution >= 4 is 11.8 Å². The van der Waals surface area contributed by atoms with Gasteiger partial charge in [0.2, 0.25) is 5.91 Å². The zero-order valence-corrected chi connectivity index (χ0v) is 18.6. The Balaban J connectivity index is 2.11. The summed E-state index contributed by atoms with van der Waals surface area (Å²) in [4.78, 5) is 27.0. The average molecular weight is 455 g/mol. The highest BCUT2D eigenvalue weighted by atomic mass is 19.4. The number of carbonyl (C=O) groups excluding carboxylic acids is 2. The molecule has 2 amide bonds. The number of nitrogens with two attached hydrogens (primary N) is 1. The van der Waals surface area contributed by atoms with Gasteiger partial charge >= 0.3 is 12.1 Å². The number of benzene rings is 1. The van der Waals surface area contributed by atoms with Crippen LogP contribution in [0, 0.1) is 0 Å². The highest BCUT2D eigenvalue weighted by molar-refractivity contribution is 5.82. The molecular formula is C23H33F3N4O2. The monoisotopic (exact) mass is 454 g/mol. The third-order valence-corrected chi connectivity index (χ3v) is 5.54. The highest BCUT2D eigenvalue weighted by Crippen LogP contribution is 2.23. The highest BCUT2D eigenvalue weighted by Gasteiger charge is 2.44. The van der Waals surface area contributed by atoms with Crippen LogP contribution < -0.4 is 11.1 Å². The number of rotatable bonds is 9. The number of aryl methyl sites for hydroxylation is 1. The summed E-state index contributed by atoms with van der Waals surface area (Å²) in [5, 5.41) is 2.82. The zero-order chi connectivity index (χ0) is 23.7. The van der Waals surface area contributed by atoms with Gasteiger partial charge in [0.15, 0.2) is 0 Å². The molecule has 32 heavy (non-hydrogen) atoms. The fourth-order valence-corrected chi connectivity index (χ4v) is 3.79. The molecule has 0 radical (unpaired) electrons. The predicted octanol–water partition coefficient (Wildman–Crippen LogP) is 2.49. The Kier molecular flexibility index (Phi) is 9.71. The lowest BCUT2D eigenvalue weighted by molar-refractivity contribution is -0.188. The van der Waals surface area contributed by atoms with Crippen molar-refractivity contribution < 1.29 is 22.8 Å². The first-order valence-electron chi connectivity index (χ1n) is 10.9. The molecule has 0 spiro atoms. The number of likely N-dealkylation sites (tertiary alicyclic amines) is 1. The van der Waals surface area contributed by atoms with Crippen molar-refractivity contribution in [1.82, 2.24) is 15.1 Å². The van der Waals surface area contributed by atoms with Gasteiger partial charge in [-0.2, -0.15) is 13.2 Å². The van der Waals surface area contributed by atoms with Gasteiger partial charge in [0.1, 0.15) is 0 Å². The van der Waals surface area contributed by atoms with Crippen LogP contribution in [0.3, 0.4) is 0 Å². The number of nitrogens with one attached hydrogen (secondary N) is 1. The number of likely N-dealkylation sites (N-methyl/N-ethyl adjacent to an activating group) is 1. The molecule has 2 rings (SSSR count). The third-order valence-electron chi connectivity index (χ3n) is 5.54. The average Bonchev–Trinajstić information content (AvgIpc) is 2.74. The minimum atomic E-state index is -4.93. The minimum absolute atomic E-state index is 0.174. The Morgan fingerprint density at radius 2 is 2.00 bits per heavy atom. The van der Waals surface area contributed by atoms with Gasteiger partial charge < -0.3 is 20.9 Å². The second kappa shape index (κ2) is 12.0. The van der Waals surface area contributed by atoms with Crippen LogP contribution in [0.1, 0.15) is 31.7 Å². The standard InChI is InChI=1S/C23H33F3N4O2/c1-17(27)21(31)28-19(13-12-18-8-4-3-5-9-18)10-6-15-30(22(32)23(24,25)26)20-11-7-14-29(2)16-20/h3-6,8-10,17,19-20H,7,11-16,27H2,1-2H3,(H,28,31)/b10-6+/t17-,19+,20?/m0/s1. The Morgan fingerprint density at radius 3 is 2.59 bits per heavy atom. The molecule has 1 aromatic rings. The number of nitrogens with zero attached hydrogens (tertiary/aromatic N) is 2. The van der Waals surface area contributed by atoms with Crippen molar-refractivity contribution in [2.24, 2.45) is 5.73 Å². The first-order chi connectivity index (χ1) is 15.1. The van der Waals surface area contributed by atoms with Crippen molar-refractivity contribution in [2.45, 2.75) is 56.9 Å². The second-order valence-corrected chi connectivity index (χ2v) is 8.37. The minimum Gasteiger partial charge on any atom is -0.349 e. The summed E-state index contributed by atoms with van der Waals surface area (Å²) in [6.45, 7) is 2.59. The van der Waals surface area contributed by atoms with E-state index in [1.54, 1.807) is 13.0 Å². The molecule has 0 aliphatic carbocycles. The zero-order valence-electron chi connectivity index (χ0n) is 18.6. The van der Waals surface area contributed by atoms with E-state index < -0.39 is 30.2 Å². The number of hydrogen-bond acceptors (Lipinski definition) is 4. The van der Waals surface area contributed by atoms with E-state index in [1.807, 2.05) is 42.3 Å². The maximum Gasteiger partial charge on any atom is 0.471 e. The number of amides is 2. The van der Waals surface area contributed by atoms with Gasteiger partial charge in [-0.15, -0.1) is 0 Å². The lowest BCUT2D eigenvalue weighted by Gasteiger charge is -2.37. The topological polar surface area (TPSA) is 78.7 Å². The van der Waals surface area contributed by atoms with Crippen LogP contribution >= 0.6 is 0 Å². The second-order valence-electron chi connectivity index (χ2n) is 8.37. The number of piperidine rings is 1. The Hall–Kier alpha value is -2.39. The van der Waals surface area contributed by atoms with E-state index in [9.17, 15) is 22.8 Å². The number of hydrogen-bond donors (Lipinski definition) is 2.